The molecule has 148 valence electrons. The van der Waals surface area contributed by atoms with Crippen LogP contribution < -0.4 is 0 Å². The number of hydrogen-bond donors (Lipinski definition) is 2. The predicted octanol–water partition coefficient (Wildman–Crippen LogP) is 3.17. The standard InChI is InChI=1S/C21H26Cl2O4/c1-18-7-5-13(25)9-12(18)3-4-15-14-6-8-20(27,17(26)11-24)19(14,2)10-16(22)21(15,18)23/h5,7,9,14-16,24,27H,3-4,6,8,10-11H2,1-2H3/t14?,15?,16-,18-,19-,20-,21-/m0/s1. The first-order valence-corrected chi connectivity index (χ1v) is 10.5. The molecule has 6 heteroatoms. The summed E-state index contributed by atoms with van der Waals surface area (Å²) in [5, 5.41) is 20.2. The second kappa shape index (κ2) is 5.91. The lowest BCUT2D eigenvalue weighted by Crippen LogP contribution is -2.67. The van der Waals surface area contributed by atoms with Crippen LogP contribution in [0.5, 0.6) is 0 Å². The van der Waals surface area contributed by atoms with Crippen molar-refractivity contribution in [1.82, 2.24) is 0 Å². The quantitative estimate of drug-likeness (QED) is 0.682. The number of aliphatic hydroxyl groups is 2. The fraction of sp³-hybridized carbons (Fsp3) is 0.714. The predicted molar refractivity (Wildman–Crippen MR) is 104 cm³/mol. The summed E-state index contributed by atoms with van der Waals surface area (Å²) in [6.07, 6.45) is 8.11. The van der Waals surface area contributed by atoms with Gasteiger partial charge in [-0.25, -0.2) is 0 Å². The first kappa shape index (κ1) is 19.6. The van der Waals surface area contributed by atoms with Crippen LogP contribution in [0.3, 0.4) is 0 Å². The lowest BCUT2D eigenvalue weighted by Gasteiger charge is -2.63. The molecular formula is C21H26Cl2O4. The van der Waals surface area contributed by atoms with Gasteiger partial charge in [-0.05, 0) is 56.1 Å². The van der Waals surface area contributed by atoms with Crippen molar-refractivity contribution >= 4 is 34.8 Å². The van der Waals surface area contributed by atoms with Crippen LogP contribution in [-0.4, -0.2) is 44.2 Å². The molecule has 0 aliphatic heterocycles. The molecule has 0 aromatic heterocycles. The fourth-order valence-electron chi connectivity index (χ4n) is 6.74. The fourth-order valence-corrected chi connectivity index (χ4v) is 7.97. The summed E-state index contributed by atoms with van der Waals surface area (Å²) in [6, 6.07) is 0. The molecule has 4 aliphatic rings. The van der Waals surface area contributed by atoms with Gasteiger partial charge in [0.1, 0.15) is 12.2 Å². The highest BCUT2D eigenvalue weighted by atomic mass is 35.5. The van der Waals surface area contributed by atoms with Gasteiger partial charge in [-0.1, -0.05) is 25.5 Å². The minimum Gasteiger partial charge on any atom is -0.388 e. The number of carbonyl (C=O) groups excluding carboxylic acids is 2. The van der Waals surface area contributed by atoms with Gasteiger partial charge in [-0.3, -0.25) is 9.59 Å². The summed E-state index contributed by atoms with van der Waals surface area (Å²) in [5.41, 5.74) is -1.78. The molecule has 2 N–H and O–H groups in total. The Labute approximate surface area is 169 Å². The molecule has 0 radical (unpaired) electrons. The number of allylic oxidation sites excluding steroid dienone is 4. The molecule has 4 rings (SSSR count). The molecule has 0 saturated heterocycles. The number of rotatable bonds is 2. The number of aliphatic hydroxyl groups excluding tert-OH is 1. The van der Waals surface area contributed by atoms with E-state index in [-0.39, 0.29) is 17.6 Å². The Morgan fingerprint density at radius 1 is 1.30 bits per heavy atom. The summed E-state index contributed by atoms with van der Waals surface area (Å²) in [6.45, 7) is 3.31. The number of Topliss-reactive ketones (excluding diaryl/α,β-unsaturated/α-hetero) is 1. The van der Waals surface area contributed by atoms with E-state index >= 15 is 0 Å². The zero-order valence-electron chi connectivity index (χ0n) is 15.7. The van der Waals surface area contributed by atoms with Gasteiger partial charge in [-0.15, -0.1) is 23.2 Å². The highest BCUT2D eigenvalue weighted by Gasteiger charge is 2.72. The van der Waals surface area contributed by atoms with Crippen molar-refractivity contribution in [3.63, 3.8) is 0 Å². The van der Waals surface area contributed by atoms with Crippen LogP contribution in [0.15, 0.2) is 23.8 Å². The van der Waals surface area contributed by atoms with E-state index in [1.165, 1.54) is 0 Å². The Morgan fingerprint density at radius 3 is 2.67 bits per heavy atom. The van der Waals surface area contributed by atoms with Gasteiger partial charge < -0.3 is 10.2 Å². The van der Waals surface area contributed by atoms with Crippen LogP contribution in [-0.2, 0) is 9.59 Å². The van der Waals surface area contributed by atoms with Gasteiger partial charge in [-0.2, -0.15) is 0 Å². The molecule has 0 aromatic rings. The zero-order chi connectivity index (χ0) is 19.8. The molecule has 0 amide bonds. The van der Waals surface area contributed by atoms with Crippen molar-refractivity contribution in [2.24, 2.45) is 22.7 Å². The van der Waals surface area contributed by atoms with Crippen LogP contribution in [0.2, 0.25) is 0 Å². The lowest BCUT2D eigenvalue weighted by molar-refractivity contribution is -0.161. The molecule has 0 spiro atoms. The van der Waals surface area contributed by atoms with Crippen molar-refractivity contribution in [1.29, 1.82) is 0 Å². The third-order valence-corrected chi connectivity index (χ3v) is 9.90. The van der Waals surface area contributed by atoms with Gasteiger partial charge in [0.25, 0.3) is 0 Å². The van der Waals surface area contributed by atoms with Crippen molar-refractivity contribution in [2.75, 3.05) is 6.61 Å². The third kappa shape index (κ3) is 2.19. The Balaban J connectivity index is 1.81. The number of hydrogen-bond acceptors (Lipinski definition) is 4. The highest BCUT2D eigenvalue weighted by molar-refractivity contribution is 6.34. The van der Waals surface area contributed by atoms with Gasteiger partial charge >= 0.3 is 0 Å². The van der Waals surface area contributed by atoms with Crippen molar-refractivity contribution in [3.05, 3.63) is 23.8 Å². The van der Waals surface area contributed by atoms with Crippen LogP contribution in [0.25, 0.3) is 0 Å². The Kier molecular flexibility index (Phi) is 4.30. The molecule has 4 aliphatic carbocycles. The molecular weight excluding hydrogens is 387 g/mol. The van der Waals surface area contributed by atoms with E-state index in [4.69, 9.17) is 23.2 Å². The minimum absolute atomic E-state index is 0.0148. The van der Waals surface area contributed by atoms with Crippen molar-refractivity contribution in [2.45, 2.75) is 61.8 Å². The summed E-state index contributed by atoms with van der Waals surface area (Å²) < 4.78 is 0. The number of carbonyl (C=O) groups is 2. The molecule has 3 fully saturated rings. The van der Waals surface area contributed by atoms with Crippen molar-refractivity contribution < 1.29 is 19.8 Å². The third-order valence-electron chi connectivity index (χ3n) is 8.35. The van der Waals surface area contributed by atoms with Crippen molar-refractivity contribution in [3.8, 4) is 0 Å². The maximum atomic E-state index is 12.4. The average molecular weight is 413 g/mol. The smallest absolute Gasteiger partial charge is 0.190 e. The van der Waals surface area contributed by atoms with E-state index in [1.54, 1.807) is 12.2 Å². The first-order valence-electron chi connectivity index (χ1n) is 9.68. The Hall–Kier alpha value is -0.680. The average Bonchev–Trinajstić information content (AvgIpc) is 2.88. The molecule has 0 heterocycles. The Bertz CT molecular complexity index is 776. The topological polar surface area (TPSA) is 74.6 Å². The molecule has 7 atom stereocenters. The van der Waals surface area contributed by atoms with Gasteiger partial charge in [0.05, 0.1) is 10.3 Å². The zero-order valence-corrected chi connectivity index (χ0v) is 17.2. The van der Waals surface area contributed by atoms with Crippen LogP contribution in [0, 0.1) is 22.7 Å². The highest BCUT2D eigenvalue weighted by Crippen LogP contribution is 2.71. The normalized spacial score (nSPS) is 51.3. The monoisotopic (exact) mass is 412 g/mol. The Morgan fingerprint density at radius 2 is 2.00 bits per heavy atom. The van der Waals surface area contributed by atoms with Gasteiger partial charge in [0, 0.05) is 10.8 Å². The number of ketones is 2. The maximum absolute atomic E-state index is 12.4. The summed E-state index contributed by atoms with van der Waals surface area (Å²) >= 11 is 14.3. The second-order valence-electron chi connectivity index (χ2n) is 9.20. The van der Waals surface area contributed by atoms with E-state index < -0.39 is 39.1 Å². The van der Waals surface area contributed by atoms with E-state index in [2.05, 4.69) is 6.92 Å². The van der Waals surface area contributed by atoms with Gasteiger partial charge in [0.2, 0.25) is 0 Å². The first-order chi connectivity index (χ1) is 12.5. The largest absolute Gasteiger partial charge is 0.388 e. The summed E-state index contributed by atoms with van der Waals surface area (Å²) in [7, 11) is 0. The summed E-state index contributed by atoms with van der Waals surface area (Å²) in [4.78, 5) is 23.6. The van der Waals surface area contributed by atoms with Crippen LogP contribution in [0.4, 0.5) is 0 Å². The molecule has 0 bridgehead atoms. The SMILES string of the molecule is C[C@]12C=CC(=O)C=C1CCC1C3CC[C@](O)(C(=O)CO)[C@@]3(C)C[C@H](Cl)[C@@]12Cl. The van der Waals surface area contributed by atoms with Gasteiger partial charge in [0.15, 0.2) is 11.6 Å². The molecule has 0 aromatic carbocycles. The van der Waals surface area contributed by atoms with Crippen LogP contribution in [0.1, 0.15) is 46.0 Å². The molecule has 3 saturated carbocycles. The minimum atomic E-state index is -1.56. The van der Waals surface area contributed by atoms with E-state index in [9.17, 15) is 19.8 Å². The molecule has 4 nitrogen and oxygen atoms in total. The van der Waals surface area contributed by atoms with E-state index in [1.807, 2.05) is 13.0 Å². The number of fused-ring (bicyclic) bond motifs is 5. The molecule has 2 unspecified atom stereocenters. The second-order valence-corrected chi connectivity index (χ2v) is 10.3. The maximum Gasteiger partial charge on any atom is 0.190 e. The van der Waals surface area contributed by atoms with E-state index in [0.717, 1.165) is 18.4 Å². The lowest BCUT2D eigenvalue weighted by atomic mass is 9.46. The summed E-state index contributed by atoms with van der Waals surface area (Å²) in [5.74, 6) is -0.489. The molecule has 27 heavy (non-hydrogen) atoms. The number of alkyl halides is 2. The number of halogens is 2. The van der Waals surface area contributed by atoms with Crippen LogP contribution >= 0.6 is 23.2 Å². The van der Waals surface area contributed by atoms with E-state index in [0.29, 0.717) is 19.3 Å².